The molecule has 0 aromatic heterocycles. The maximum atomic E-state index is 5.61. The molecule has 2 aliphatic heterocycles. The number of ether oxygens (including phenoxy) is 1. The van der Waals surface area contributed by atoms with Crippen molar-refractivity contribution < 1.29 is 4.74 Å². The van der Waals surface area contributed by atoms with E-state index in [0.29, 0.717) is 12.0 Å². The zero-order valence-corrected chi connectivity index (χ0v) is 7.71. The summed E-state index contributed by atoms with van der Waals surface area (Å²) >= 11 is 0. The van der Waals surface area contributed by atoms with Crippen molar-refractivity contribution in [3.8, 4) is 12.5 Å². The Morgan fingerprint density at radius 2 is 2.42 bits per heavy atom. The van der Waals surface area contributed by atoms with Crippen LogP contribution in [0.15, 0.2) is 0 Å². The summed E-state index contributed by atoms with van der Waals surface area (Å²) in [5, 5.41) is 0. The van der Waals surface area contributed by atoms with Crippen molar-refractivity contribution in [2.24, 2.45) is 5.92 Å². The Hall–Kier alpha value is -0.680. The van der Waals surface area contributed by atoms with Gasteiger partial charge in [-0.1, -0.05) is 20.3 Å². The summed E-state index contributed by atoms with van der Waals surface area (Å²) in [5.41, 5.74) is 0.152. The monoisotopic (exact) mass is 165 g/mol. The zero-order valence-electron chi connectivity index (χ0n) is 7.71. The first kappa shape index (κ1) is 7.94. The van der Waals surface area contributed by atoms with Crippen LogP contribution in [0.25, 0.3) is 0 Å². The van der Waals surface area contributed by atoms with Crippen molar-refractivity contribution in [3.63, 3.8) is 0 Å². The molecule has 2 fully saturated rings. The number of terminal acetylenes is 1. The standard InChI is InChI=1S/C10H15NO/c1-4-11-6-9-5-10(11,7-12-9)8(2)3/h1,8-9H,5-7H2,2-3H3. The number of fused-ring (bicyclic) bond motifs is 2. The van der Waals surface area contributed by atoms with Crippen LogP contribution in [0.5, 0.6) is 0 Å². The lowest BCUT2D eigenvalue weighted by molar-refractivity contribution is 0.00177. The molecule has 0 radical (unpaired) electrons. The van der Waals surface area contributed by atoms with E-state index in [2.05, 4.69) is 24.8 Å². The van der Waals surface area contributed by atoms with E-state index in [1.54, 1.807) is 0 Å². The smallest absolute Gasteiger partial charge is 0.0782 e. The minimum atomic E-state index is 0.152. The van der Waals surface area contributed by atoms with Crippen LogP contribution in [-0.4, -0.2) is 29.7 Å². The quantitative estimate of drug-likeness (QED) is 0.539. The molecule has 2 atom stereocenters. The van der Waals surface area contributed by atoms with Crippen LogP contribution in [-0.2, 0) is 4.74 Å². The average Bonchev–Trinajstić information content (AvgIpc) is 2.60. The van der Waals surface area contributed by atoms with E-state index in [0.717, 1.165) is 19.6 Å². The summed E-state index contributed by atoms with van der Waals surface area (Å²) < 4.78 is 5.61. The zero-order chi connectivity index (χ0) is 8.77. The Bertz CT molecular complexity index is 230. The molecule has 2 bridgehead atoms. The van der Waals surface area contributed by atoms with Gasteiger partial charge in [-0.3, -0.25) is 0 Å². The van der Waals surface area contributed by atoms with Crippen LogP contribution in [0.2, 0.25) is 0 Å². The Labute approximate surface area is 73.9 Å². The first-order valence-corrected chi connectivity index (χ1v) is 4.54. The molecule has 0 spiro atoms. The van der Waals surface area contributed by atoms with Gasteiger partial charge in [-0.25, -0.2) is 0 Å². The van der Waals surface area contributed by atoms with Gasteiger partial charge in [0.2, 0.25) is 0 Å². The molecule has 0 N–H and O–H groups in total. The SMILES string of the molecule is C#CN1CC2CC1(C(C)C)CO2. The number of rotatable bonds is 1. The van der Waals surface area contributed by atoms with E-state index in [1.165, 1.54) is 0 Å². The highest BCUT2D eigenvalue weighted by molar-refractivity contribution is 5.12. The van der Waals surface area contributed by atoms with E-state index in [4.69, 9.17) is 11.2 Å². The van der Waals surface area contributed by atoms with Gasteiger partial charge in [-0.2, -0.15) is 0 Å². The lowest BCUT2D eigenvalue weighted by Gasteiger charge is -2.38. The predicted molar refractivity (Wildman–Crippen MR) is 47.5 cm³/mol. The molecule has 2 nitrogen and oxygen atoms in total. The largest absolute Gasteiger partial charge is 0.374 e. The molecule has 2 rings (SSSR count). The van der Waals surface area contributed by atoms with Gasteiger partial charge in [0.25, 0.3) is 0 Å². The first-order chi connectivity index (χ1) is 5.69. The normalized spacial score (nSPS) is 39.2. The summed E-state index contributed by atoms with van der Waals surface area (Å²) in [5.74, 6) is 0.584. The maximum absolute atomic E-state index is 5.61. The molecule has 0 saturated carbocycles. The van der Waals surface area contributed by atoms with Crippen LogP contribution in [0.3, 0.4) is 0 Å². The Balaban J connectivity index is 2.27. The Kier molecular flexibility index (Phi) is 1.59. The summed E-state index contributed by atoms with van der Waals surface area (Å²) in [6.07, 6.45) is 6.98. The fourth-order valence-electron chi connectivity index (χ4n) is 2.36. The van der Waals surface area contributed by atoms with Crippen LogP contribution >= 0.6 is 0 Å². The minimum absolute atomic E-state index is 0.152. The van der Waals surface area contributed by atoms with Gasteiger partial charge in [0.05, 0.1) is 24.8 Å². The minimum Gasteiger partial charge on any atom is -0.374 e. The van der Waals surface area contributed by atoms with Gasteiger partial charge in [0.15, 0.2) is 0 Å². The van der Waals surface area contributed by atoms with E-state index >= 15 is 0 Å². The first-order valence-electron chi connectivity index (χ1n) is 4.54. The second-order valence-corrected chi connectivity index (χ2v) is 4.14. The van der Waals surface area contributed by atoms with Gasteiger partial charge in [0.1, 0.15) is 0 Å². The van der Waals surface area contributed by atoms with E-state index in [-0.39, 0.29) is 5.54 Å². The van der Waals surface area contributed by atoms with Crippen molar-refractivity contribution in [2.45, 2.75) is 31.9 Å². The molecule has 0 aliphatic carbocycles. The average molecular weight is 165 g/mol. The van der Waals surface area contributed by atoms with Crippen LogP contribution in [0.1, 0.15) is 20.3 Å². The molecule has 2 unspecified atom stereocenters. The van der Waals surface area contributed by atoms with Crippen molar-refractivity contribution in [3.05, 3.63) is 0 Å². The number of morpholine rings is 1. The maximum Gasteiger partial charge on any atom is 0.0782 e. The second kappa shape index (κ2) is 2.40. The molecule has 2 heterocycles. The molecule has 0 aromatic rings. The molecule has 2 aliphatic rings. The van der Waals surface area contributed by atoms with Crippen molar-refractivity contribution in [2.75, 3.05) is 13.2 Å². The predicted octanol–water partition coefficient (Wildman–Crippen LogP) is 1.08. The molecule has 0 amide bonds. The molecule has 0 aromatic carbocycles. The highest BCUT2D eigenvalue weighted by Gasteiger charge is 2.52. The topological polar surface area (TPSA) is 12.5 Å². The molecular formula is C10H15NO. The Morgan fingerprint density at radius 3 is 2.83 bits per heavy atom. The number of nitrogens with zero attached hydrogens (tertiary/aromatic N) is 1. The van der Waals surface area contributed by atoms with Crippen LogP contribution < -0.4 is 0 Å². The Morgan fingerprint density at radius 1 is 1.67 bits per heavy atom. The van der Waals surface area contributed by atoms with E-state index in [9.17, 15) is 0 Å². The van der Waals surface area contributed by atoms with Gasteiger partial charge in [-0.15, -0.1) is 0 Å². The van der Waals surface area contributed by atoms with Crippen molar-refractivity contribution >= 4 is 0 Å². The van der Waals surface area contributed by atoms with E-state index in [1.807, 2.05) is 0 Å². The summed E-state index contributed by atoms with van der Waals surface area (Å²) in [6.45, 7) is 6.19. The third kappa shape index (κ3) is 0.804. The summed E-state index contributed by atoms with van der Waals surface area (Å²) in [7, 11) is 0. The lowest BCUT2D eigenvalue weighted by atomic mass is 9.86. The molecule has 66 valence electrons. The summed E-state index contributed by atoms with van der Waals surface area (Å²) in [6, 6.07) is 2.77. The van der Waals surface area contributed by atoms with Crippen LogP contribution in [0.4, 0.5) is 0 Å². The van der Waals surface area contributed by atoms with Gasteiger partial charge in [0, 0.05) is 12.5 Å². The lowest BCUT2D eigenvalue weighted by Crippen LogP contribution is -2.49. The van der Waals surface area contributed by atoms with E-state index < -0.39 is 0 Å². The fourth-order valence-corrected chi connectivity index (χ4v) is 2.36. The van der Waals surface area contributed by atoms with Crippen molar-refractivity contribution in [1.29, 1.82) is 0 Å². The third-order valence-corrected chi connectivity index (χ3v) is 3.30. The second-order valence-electron chi connectivity index (χ2n) is 4.14. The molecular weight excluding hydrogens is 150 g/mol. The highest BCUT2D eigenvalue weighted by Crippen LogP contribution is 2.42. The molecule has 2 saturated heterocycles. The number of hydrogen-bond donors (Lipinski definition) is 0. The van der Waals surface area contributed by atoms with Crippen molar-refractivity contribution in [1.82, 2.24) is 4.90 Å². The third-order valence-electron chi connectivity index (χ3n) is 3.30. The fraction of sp³-hybridized carbons (Fsp3) is 0.800. The molecule has 12 heavy (non-hydrogen) atoms. The summed E-state index contributed by atoms with van der Waals surface area (Å²) in [4.78, 5) is 2.13. The van der Waals surface area contributed by atoms with Gasteiger partial charge in [-0.05, 0) is 5.92 Å². The number of hydrogen-bond acceptors (Lipinski definition) is 2. The molecule has 2 heteroatoms. The van der Waals surface area contributed by atoms with Gasteiger partial charge >= 0.3 is 0 Å². The highest BCUT2D eigenvalue weighted by atomic mass is 16.5. The van der Waals surface area contributed by atoms with Crippen LogP contribution in [0, 0.1) is 18.4 Å². The van der Waals surface area contributed by atoms with Gasteiger partial charge < -0.3 is 9.64 Å². The number of likely N-dealkylation sites (tertiary alicyclic amines) is 1.